The fraction of sp³-hybridized carbons (Fsp3) is 0.500. The highest BCUT2D eigenvalue weighted by molar-refractivity contribution is 7.19. The van der Waals surface area contributed by atoms with Crippen molar-refractivity contribution in [1.82, 2.24) is 5.32 Å². The van der Waals surface area contributed by atoms with Crippen LogP contribution in [0.5, 0.6) is 0 Å². The van der Waals surface area contributed by atoms with E-state index in [1.54, 1.807) is 16.7 Å². The molecule has 2 aromatic rings. The van der Waals surface area contributed by atoms with E-state index < -0.39 is 0 Å². The van der Waals surface area contributed by atoms with Crippen LogP contribution in [0.3, 0.4) is 0 Å². The van der Waals surface area contributed by atoms with Crippen molar-refractivity contribution in [3.63, 3.8) is 0 Å². The van der Waals surface area contributed by atoms with Gasteiger partial charge in [-0.2, -0.15) is 0 Å². The Morgan fingerprint density at radius 2 is 1.94 bits per heavy atom. The third kappa shape index (κ3) is 1.88. The molecule has 0 atom stereocenters. The minimum atomic E-state index is 0.613. The van der Waals surface area contributed by atoms with Gasteiger partial charge in [-0.25, -0.2) is 0 Å². The Hall–Kier alpha value is -0.860. The maximum absolute atomic E-state index is 3.31. The Morgan fingerprint density at radius 1 is 1.22 bits per heavy atom. The number of fused-ring (bicyclic) bond motifs is 2. The number of aryl methyl sites for hydroxylation is 2. The first-order chi connectivity index (χ1) is 8.70. The Balaban J connectivity index is 2.22. The molecule has 1 aliphatic carbocycles. The molecule has 0 bridgehead atoms. The highest BCUT2D eigenvalue weighted by Gasteiger charge is 2.18. The summed E-state index contributed by atoms with van der Waals surface area (Å²) in [6.07, 6.45) is 3.90. The lowest BCUT2D eigenvalue weighted by atomic mass is 9.97. The minimum Gasteiger partial charge on any atom is -0.315 e. The molecule has 0 unspecified atom stereocenters. The Labute approximate surface area is 113 Å². The van der Waals surface area contributed by atoms with Gasteiger partial charge in [-0.1, -0.05) is 13.8 Å². The van der Waals surface area contributed by atoms with Crippen molar-refractivity contribution in [2.45, 2.75) is 45.6 Å². The second kappa shape index (κ2) is 4.67. The fourth-order valence-corrected chi connectivity index (χ4v) is 4.58. The molecular formula is C16H21NS. The summed E-state index contributed by atoms with van der Waals surface area (Å²) in [5.74, 6) is 0.613. The third-order valence-corrected chi connectivity index (χ3v) is 5.10. The highest BCUT2D eigenvalue weighted by Crippen LogP contribution is 2.39. The number of rotatable bonds is 3. The van der Waals surface area contributed by atoms with E-state index in [4.69, 9.17) is 0 Å². The van der Waals surface area contributed by atoms with Gasteiger partial charge in [0.05, 0.1) is 0 Å². The molecule has 2 heteroatoms. The predicted octanol–water partition coefficient (Wildman–Crippen LogP) is 4.23. The van der Waals surface area contributed by atoms with Crippen LogP contribution in [0.4, 0.5) is 0 Å². The normalized spacial score (nSPS) is 14.7. The molecule has 1 aliphatic rings. The topological polar surface area (TPSA) is 12.0 Å². The SMILES string of the molecule is CNCc1sc2cc3c(cc2c1C(C)C)CCC3. The molecule has 96 valence electrons. The summed E-state index contributed by atoms with van der Waals surface area (Å²) >= 11 is 1.98. The van der Waals surface area contributed by atoms with E-state index in [0.29, 0.717) is 5.92 Å². The van der Waals surface area contributed by atoms with E-state index in [-0.39, 0.29) is 0 Å². The summed E-state index contributed by atoms with van der Waals surface area (Å²) in [4.78, 5) is 1.52. The molecule has 1 N–H and O–H groups in total. The zero-order valence-electron chi connectivity index (χ0n) is 11.5. The second-order valence-corrected chi connectivity index (χ2v) is 6.73. The number of benzene rings is 1. The molecule has 0 spiro atoms. The first kappa shape index (κ1) is 12.2. The zero-order valence-corrected chi connectivity index (χ0v) is 12.3. The van der Waals surface area contributed by atoms with E-state index in [9.17, 15) is 0 Å². The van der Waals surface area contributed by atoms with Crippen LogP contribution in [0.25, 0.3) is 10.1 Å². The quantitative estimate of drug-likeness (QED) is 0.869. The van der Waals surface area contributed by atoms with E-state index >= 15 is 0 Å². The van der Waals surface area contributed by atoms with Crippen molar-refractivity contribution < 1.29 is 0 Å². The van der Waals surface area contributed by atoms with Gasteiger partial charge in [0.1, 0.15) is 0 Å². The van der Waals surface area contributed by atoms with Gasteiger partial charge in [-0.3, -0.25) is 0 Å². The van der Waals surface area contributed by atoms with Crippen LogP contribution in [0.2, 0.25) is 0 Å². The van der Waals surface area contributed by atoms with Gasteiger partial charge < -0.3 is 5.32 Å². The Kier molecular flexibility index (Phi) is 3.16. The fourth-order valence-electron chi connectivity index (χ4n) is 3.16. The average molecular weight is 259 g/mol. The van der Waals surface area contributed by atoms with Gasteiger partial charge in [0.25, 0.3) is 0 Å². The molecule has 0 amide bonds. The maximum Gasteiger partial charge on any atom is 0.0352 e. The lowest BCUT2D eigenvalue weighted by Crippen LogP contribution is -2.05. The van der Waals surface area contributed by atoms with E-state index in [2.05, 4.69) is 31.3 Å². The summed E-state index contributed by atoms with van der Waals surface area (Å²) in [5, 5.41) is 4.82. The monoisotopic (exact) mass is 259 g/mol. The van der Waals surface area contributed by atoms with E-state index in [0.717, 1.165) is 6.54 Å². The van der Waals surface area contributed by atoms with Crippen LogP contribution < -0.4 is 5.32 Å². The van der Waals surface area contributed by atoms with Crippen LogP contribution >= 0.6 is 11.3 Å². The number of nitrogens with one attached hydrogen (secondary N) is 1. The van der Waals surface area contributed by atoms with Gasteiger partial charge in [-0.15, -0.1) is 11.3 Å². The summed E-state index contributed by atoms with van der Waals surface area (Å²) < 4.78 is 1.49. The molecule has 0 fully saturated rings. The molecule has 0 saturated heterocycles. The van der Waals surface area contributed by atoms with Crippen LogP contribution in [-0.2, 0) is 19.4 Å². The molecule has 3 rings (SSSR count). The largest absolute Gasteiger partial charge is 0.315 e. The van der Waals surface area contributed by atoms with Gasteiger partial charge in [0.2, 0.25) is 0 Å². The second-order valence-electron chi connectivity index (χ2n) is 5.59. The van der Waals surface area contributed by atoms with Crippen molar-refractivity contribution >= 4 is 21.4 Å². The first-order valence-corrected chi connectivity index (χ1v) is 7.74. The Bertz CT molecular complexity index is 580. The molecule has 1 aromatic heterocycles. The van der Waals surface area contributed by atoms with Crippen molar-refractivity contribution in [3.8, 4) is 0 Å². The summed E-state index contributed by atoms with van der Waals surface area (Å²) in [6.45, 7) is 5.62. The van der Waals surface area contributed by atoms with Crippen molar-refractivity contribution in [1.29, 1.82) is 0 Å². The lowest BCUT2D eigenvalue weighted by Gasteiger charge is -2.08. The van der Waals surface area contributed by atoms with Crippen LogP contribution in [-0.4, -0.2) is 7.05 Å². The summed E-state index contributed by atoms with van der Waals surface area (Å²) in [6, 6.07) is 4.93. The van der Waals surface area contributed by atoms with E-state index in [1.807, 2.05) is 18.4 Å². The Morgan fingerprint density at radius 3 is 2.61 bits per heavy atom. The molecule has 18 heavy (non-hydrogen) atoms. The average Bonchev–Trinajstić information content (AvgIpc) is 2.88. The minimum absolute atomic E-state index is 0.613. The van der Waals surface area contributed by atoms with Crippen LogP contribution in [0.1, 0.15) is 47.8 Å². The van der Waals surface area contributed by atoms with Crippen molar-refractivity contribution in [2.24, 2.45) is 0 Å². The number of hydrogen-bond donors (Lipinski definition) is 1. The van der Waals surface area contributed by atoms with Crippen molar-refractivity contribution in [3.05, 3.63) is 33.7 Å². The van der Waals surface area contributed by atoms with Gasteiger partial charge >= 0.3 is 0 Å². The number of thiophene rings is 1. The van der Waals surface area contributed by atoms with Crippen LogP contribution in [0, 0.1) is 0 Å². The molecule has 0 aliphatic heterocycles. The summed E-state index contributed by atoms with van der Waals surface area (Å²) in [7, 11) is 2.04. The van der Waals surface area contributed by atoms with Crippen LogP contribution in [0.15, 0.2) is 12.1 Å². The van der Waals surface area contributed by atoms with E-state index in [1.165, 1.54) is 34.2 Å². The highest BCUT2D eigenvalue weighted by atomic mass is 32.1. The molecular weight excluding hydrogens is 238 g/mol. The van der Waals surface area contributed by atoms with Gasteiger partial charge in [0.15, 0.2) is 0 Å². The molecule has 1 heterocycles. The summed E-state index contributed by atoms with van der Waals surface area (Å²) in [5.41, 5.74) is 4.76. The zero-order chi connectivity index (χ0) is 12.7. The molecule has 1 nitrogen and oxygen atoms in total. The standard InChI is InChI=1S/C16H21NS/c1-10(2)16-13-7-11-5-4-6-12(11)8-14(13)18-15(16)9-17-3/h7-8,10,17H,4-6,9H2,1-3H3. The lowest BCUT2D eigenvalue weighted by molar-refractivity contribution is 0.795. The van der Waals surface area contributed by atoms with Gasteiger partial charge in [-0.05, 0) is 66.4 Å². The van der Waals surface area contributed by atoms with Gasteiger partial charge in [0, 0.05) is 16.1 Å². The maximum atomic E-state index is 3.31. The molecule has 1 aromatic carbocycles. The molecule has 0 radical (unpaired) electrons. The number of hydrogen-bond acceptors (Lipinski definition) is 2. The van der Waals surface area contributed by atoms with Crippen molar-refractivity contribution in [2.75, 3.05) is 7.05 Å². The first-order valence-electron chi connectivity index (χ1n) is 6.92. The third-order valence-electron chi connectivity index (χ3n) is 3.93. The smallest absolute Gasteiger partial charge is 0.0352 e. The molecule has 0 saturated carbocycles. The predicted molar refractivity (Wildman–Crippen MR) is 80.7 cm³/mol.